The second kappa shape index (κ2) is 5.75. The molecule has 0 unspecified atom stereocenters. The van der Waals surface area contributed by atoms with Gasteiger partial charge in [0.2, 0.25) is 5.91 Å². The SMILES string of the molecule is O=C1CN(C(=O)c2ccc(Br)cc2S)CCCN1. The topological polar surface area (TPSA) is 49.4 Å². The van der Waals surface area contributed by atoms with Gasteiger partial charge in [0.15, 0.2) is 0 Å². The maximum atomic E-state index is 12.3. The molecule has 0 saturated carbocycles. The van der Waals surface area contributed by atoms with Crippen molar-refractivity contribution in [2.24, 2.45) is 0 Å². The van der Waals surface area contributed by atoms with E-state index in [0.29, 0.717) is 23.5 Å². The van der Waals surface area contributed by atoms with Crippen LogP contribution in [0.25, 0.3) is 0 Å². The van der Waals surface area contributed by atoms with Crippen molar-refractivity contribution in [3.05, 3.63) is 28.2 Å². The average molecular weight is 329 g/mol. The second-order valence-electron chi connectivity index (χ2n) is 4.09. The van der Waals surface area contributed by atoms with Gasteiger partial charge in [-0.15, -0.1) is 12.6 Å². The summed E-state index contributed by atoms with van der Waals surface area (Å²) >= 11 is 7.62. The summed E-state index contributed by atoms with van der Waals surface area (Å²) in [6.45, 7) is 1.32. The molecule has 2 rings (SSSR count). The number of hydrogen-bond donors (Lipinski definition) is 2. The zero-order valence-corrected chi connectivity index (χ0v) is 12.1. The first-order chi connectivity index (χ1) is 8.58. The van der Waals surface area contributed by atoms with Gasteiger partial charge in [0, 0.05) is 22.5 Å². The molecule has 1 aromatic rings. The maximum Gasteiger partial charge on any atom is 0.255 e. The molecule has 4 nitrogen and oxygen atoms in total. The van der Waals surface area contributed by atoms with E-state index in [1.165, 1.54) is 0 Å². The minimum Gasteiger partial charge on any atom is -0.354 e. The number of nitrogens with zero attached hydrogens (tertiary/aromatic N) is 1. The van der Waals surface area contributed by atoms with Gasteiger partial charge in [-0.3, -0.25) is 9.59 Å². The Balaban J connectivity index is 2.21. The summed E-state index contributed by atoms with van der Waals surface area (Å²) in [6, 6.07) is 5.29. The number of carbonyl (C=O) groups is 2. The Morgan fingerprint density at radius 2 is 2.22 bits per heavy atom. The van der Waals surface area contributed by atoms with Crippen LogP contribution in [0.5, 0.6) is 0 Å². The molecule has 0 radical (unpaired) electrons. The molecule has 96 valence electrons. The number of halogens is 1. The fourth-order valence-corrected chi connectivity index (χ4v) is 2.68. The molecule has 1 aliphatic heterocycles. The number of hydrogen-bond acceptors (Lipinski definition) is 3. The Labute approximate surface area is 119 Å². The van der Waals surface area contributed by atoms with Crippen LogP contribution < -0.4 is 5.32 Å². The van der Waals surface area contributed by atoms with Gasteiger partial charge in [-0.2, -0.15) is 0 Å². The molecule has 0 spiro atoms. The summed E-state index contributed by atoms with van der Waals surface area (Å²) in [6.07, 6.45) is 0.774. The van der Waals surface area contributed by atoms with Crippen LogP contribution in [0.3, 0.4) is 0 Å². The molecule has 1 heterocycles. The van der Waals surface area contributed by atoms with Crippen molar-refractivity contribution in [3.63, 3.8) is 0 Å². The molecule has 0 atom stereocenters. The monoisotopic (exact) mass is 328 g/mol. The summed E-state index contributed by atoms with van der Waals surface area (Å²) in [4.78, 5) is 25.9. The molecule has 0 aromatic heterocycles. The quantitative estimate of drug-likeness (QED) is 0.771. The van der Waals surface area contributed by atoms with Crippen LogP contribution in [-0.4, -0.2) is 36.3 Å². The van der Waals surface area contributed by atoms with Crippen LogP contribution in [0, 0.1) is 0 Å². The highest BCUT2D eigenvalue weighted by molar-refractivity contribution is 9.10. The van der Waals surface area contributed by atoms with E-state index in [1.807, 2.05) is 0 Å². The van der Waals surface area contributed by atoms with Crippen LogP contribution in [-0.2, 0) is 4.79 Å². The fourth-order valence-electron chi connectivity index (χ4n) is 1.84. The van der Waals surface area contributed by atoms with E-state index in [-0.39, 0.29) is 18.4 Å². The van der Waals surface area contributed by atoms with Crippen molar-refractivity contribution < 1.29 is 9.59 Å². The van der Waals surface area contributed by atoms with Gasteiger partial charge in [-0.05, 0) is 24.6 Å². The lowest BCUT2D eigenvalue weighted by atomic mass is 10.2. The lowest BCUT2D eigenvalue weighted by Gasteiger charge is -2.19. The first-order valence-electron chi connectivity index (χ1n) is 5.62. The van der Waals surface area contributed by atoms with Crippen LogP contribution in [0.2, 0.25) is 0 Å². The molecule has 6 heteroatoms. The Kier molecular flexibility index (Phi) is 4.29. The zero-order chi connectivity index (χ0) is 13.1. The van der Waals surface area contributed by atoms with Crippen molar-refractivity contribution in [1.82, 2.24) is 10.2 Å². The van der Waals surface area contributed by atoms with E-state index >= 15 is 0 Å². The molecule has 2 amide bonds. The van der Waals surface area contributed by atoms with Crippen molar-refractivity contribution >= 4 is 40.4 Å². The van der Waals surface area contributed by atoms with E-state index in [4.69, 9.17) is 0 Å². The second-order valence-corrected chi connectivity index (χ2v) is 5.49. The normalized spacial score (nSPS) is 16.1. The molecular formula is C12H13BrN2O2S. The van der Waals surface area contributed by atoms with Gasteiger partial charge in [-0.25, -0.2) is 0 Å². The van der Waals surface area contributed by atoms with Crippen molar-refractivity contribution in [1.29, 1.82) is 0 Å². The summed E-state index contributed by atoms with van der Waals surface area (Å²) < 4.78 is 0.873. The van der Waals surface area contributed by atoms with Gasteiger partial charge >= 0.3 is 0 Å². The maximum absolute atomic E-state index is 12.3. The van der Waals surface area contributed by atoms with E-state index in [1.54, 1.807) is 23.1 Å². The van der Waals surface area contributed by atoms with Gasteiger partial charge in [0.05, 0.1) is 12.1 Å². The third kappa shape index (κ3) is 3.05. The Morgan fingerprint density at radius 1 is 1.44 bits per heavy atom. The van der Waals surface area contributed by atoms with Crippen molar-refractivity contribution in [3.8, 4) is 0 Å². The number of thiol groups is 1. The first kappa shape index (κ1) is 13.4. The molecule has 0 aliphatic carbocycles. The number of benzene rings is 1. The highest BCUT2D eigenvalue weighted by Crippen LogP contribution is 2.21. The third-order valence-electron chi connectivity index (χ3n) is 2.74. The molecule has 1 aliphatic rings. The van der Waals surface area contributed by atoms with Crippen LogP contribution >= 0.6 is 28.6 Å². The van der Waals surface area contributed by atoms with Gasteiger partial charge < -0.3 is 10.2 Å². The summed E-state index contributed by atoms with van der Waals surface area (Å²) in [5.41, 5.74) is 0.524. The molecule has 1 N–H and O–H groups in total. The highest BCUT2D eigenvalue weighted by atomic mass is 79.9. The third-order valence-corrected chi connectivity index (χ3v) is 3.60. The van der Waals surface area contributed by atoms with Gasteiger partial charge in [0.25, 0.3) is 5.91 Å². The lowest BCUT2D eigenvalue weighted by molar-refractivity contribution is -0.121. The molecule has 0 bridgehead atoms. The smallest absolute Gasteiger partial charge is 0.255 e. The van der Waals surface area contributed by atoms with E-state index in [2.05, 4.69) is 33.9 Å². The molecule has 1 saturated heterocycles. The van der Waals surface area contributed by atoms with Gasteiger partial charge in [-0.1, -0.05) is 15.9 Å². The predicted molar refractivity (Wildman–Crippen MR) is 74.9 cm³/mol. The predicted octanol–water partition coefficient (Wildman–Crippen LogP) is 1.70. The summed E-state index contributed by atoms with van der Waals surface area (Å²) in [5, 5.41) is 2.75. The summed E-state index contributed by atoms with van der Waals surface area (Å²) in [7, 11) is 0. The largest absolute Gasteiger partial charge is 0.354 e. The number of nitrogens with one attached hydrogen (secondary N) is 1. The average Bonchev–Trinajstić information content (AvgIpc) is 2.53. The molecule has 1 fully saturated rings. The molecule has 18 heavy (non-hydrogen) atoms. The number of rotatable bonds is 1. The fraction of sp³-hybridized carbons (Fsp3) is 0.333. The van der Waals surface area contributed by atoms with Crippen LogP contribution in [0.15, 0.2) is 27.6 Å². The Hall–Kier alpha value is -1.01. The molecular weight excluding hydrogens is 316 g/mol. The van der Waals surface area contributed by atoms with Crippen molar-refractivity contribution in [2.45, 2.75) is 11.3 Å². The highest BCUT2D eigenvalue weighted by Gasteiger charge is 2.22. The van der Waals surface area contributed by atoms with Crippen LogP contribution in [0.4, 0.5) is 0 Å². The Bertz CT molecular complexity index is 493. The summed E-state index contributed by atoms with van der Waals surface area (Å²) in [5.74, 6) is -0.261. The molecule has 1 aromatic carbocycles. The Morgan fingerprint density at radius 3 is 2.94 bits per heavy atom. The minimum atomic E-state index is -0.149. The first-order valence-corrected chi connectivity index (χ1v) is 6.86. The van der Waals surface area contributed by atoms with E-state index in [9.17, 15) is 9.59 Å². The standard InChI is InChI=1S/C12H13BrN2O2S/c13-8-2-3-9(10(18)6-8)12(17)15-5-1-4-14-11(16)7-15/h2-3,6,18H,1,4-5,7H2,(H,14,16). The lowest BCUT2D eigenvalue weighted by Crippen LogP contribution is -2.37. The zero-order valence-electron chi connectivity index (χ0n) is 9.65. The number of carbonyl (C=O) groups excluding carboxylic acids is 2. The van der Waals surface area contributed by atoms with E-state index < -0.39 is 0 Å². The minimum absolute atomic E-state index is 0.112. The van der Waals surface area contributed by atoms with Crippen LogP contribution in [0.1, 0.15) is 16.8 Å². The number of amides is 2. The van der Waals surface area contributed by atoms with Gasteiger partial charge in [0.1, 0.15) is 0 Å². The van der Waals surface area contributed by atoms with E-state index in [0.717, 1.165) is 10.9 Å². The van der Waals surface area contributed by atoms with Crippen molar-refractivity contribution in [2.75, 3.05) is 19.6 Å².